The molecule has 17 heavy (non-hydrogen) atoms. The minimum absolute atomic E-state index is 0.0460. The van der Waals surface area contributed by atoms with Crippen molar-refractivity contribution < 1.29 is 9.53 Å². The normalized spacial score (nSPS) is 12.2. The summed E-state index contributed by atoms with van der Waals surface area (Å²) in [4.78, 5) is 15.8. The molecule has 0 saturated carbocycles. The van der Waals surface area contributed by atoms with E-state index in [4.69, 9.17) is 10.5 Å². The van der Waals surface area contributed by atoms with Crippen LogP contribution in [0.4, 0.5) is 0 Å². The van der Waals surface area contributed by atoms with E-state index < -0.39 is 0 Å². The monoisotopic (exact) mass is 237 g/mol. The van der Waals surface area contributed by atoms with E-state index >= 15 is 0 Å². The smallest absolute Gasteiger partial charge is 0.253 e. The molecular formula is C12H19N3O2. The molecule has 1 aromatic rings. The minimum atomic E-state index is -0.111. The lowest BCUT2D eigenvalue weighted by molar-refractivity contribution is 0.0949. The largest absolute Gasteiger partial charge is 0.383 e. The van der Waals surface area contributed by atoms with Crippen LogP contribution in [0, 0.1) is 6.92 Å². The lowest BCUT2D eigenvalue weighted by Gasteiger charge is -2.11. The Kier molecular flexibility index (Phi) is 5.59. The number of aromatic nitrogens is 1. The summed E-state index contributed by atoms with van der Waals surface area (Å²) in [7, 11) is 1.61. The van der Waals surface area contributed by atoms with E-state index in [1.807, 2.05) is 6.92 Å². The minimum Gasteiger partial charge on any atom is -0.383 e. The van der Waals surface area contributed by atoms with Crippen LogP contribution in [-0.2, 0) is 4.74 Å². The van der Waals surface area contributed by atoms with Crippen molar-refractivity contribution >= 4 is 5.91 Å². The predicted octanol–water partition coefficient (Wildman–Crippen LogP) is 0.484. The van der Waals surface area contributed by atoms with E-state index in [9.17, 15) is 4.79 Å². The average Bonchev–Trinajstić information content (AvgIpc) is 2.29. The van der Waals surface area contributed by atoms with Crippen LogP contribution in [0.5, 0.6) is 0 Å². The molecule has 1 rings (SSSR count). The molecule has 0 aliphatic carbocycles. The summed E-state index contributed by atoms with van der Waals surface area (Å²) in [5, 5.41) is 2.81. The SMILES string of the molecule is COCC(N)CCNC(=O)c1cccnc1C. The van der Waals surface area contributed by atoms with Crippen molar-refractivity contribution in [2.45, 2.75) is 19.4 Å². The van der Waals surface area contributed by atoms with Crippen LogP contribution < -0.4 is 11.1 Å². The molecule has 1 aromatic heterocycles. The zero-order valence-corrected chi connectivity index (χ0v) is 10.3. The van der Waals surface area contributed by atoms with Crippen molar-refractivity contribution in [2.24, 2.45) is 5.73 Å². The van der Waals surface area contributed by atoms with Crippen molar-refractivity contribution in [1.29, 1.82) is 0 Å². The molecule has 1 unspecified atom stereocenters. The summed E-state index contributed by atoms with van der Waals surface area (Å²) in [6.07, 6.45) is 2.36. The third-order valence-electron chi connectivity index (χ3n) is 2.43. The van der Waals surface area contributed by atoms with Gasteiger partial charge in [0.15, 0.2) is 0 Å². The maximum absolute atomic E-state index is 11.8. The summed E-state index contributed by atoms with van der Waals surface area (Å²) in [5.41, 5.74) is 7.08. The van der Waals surface area contributed by atoms with Crippen LogP contribution in [0.2, 0.25) is 0 Å². The Hall–Kier alpha value is -1.46. The van der Waals surface area contributed by atoms with Gasteiger partial charge in [-0.05, 0) is 25.5 Å². The lowest BCUT2D eigenvalue weighted by atomic mass is 10.2. The maximum atomic E-state index is 11.8. The first-order valence-corrected chi connectivity index (χ1v) is 5.59. The molecular weight excluding hydrogens is 218 g/mol. The van der Waals surface area contributed by atoms with E-state index in [1.54, 1.807) is 25.4 Å². The molecule has 0 saturated heterocycles. The Morgan fingerprint density at radius 3 is 3.06 bits per heavy atom. The number of nitrogens with zero attached hydrogens (tertiary/aromatic N) is 1. The van der Waals surface area contributed by atoms with Crippen LogP contribution in [0.1, 0.15) is 22.5 Å². The van der Waals surface area contributed by atoms with Gasteiger partial charge < -0.3 is 15.8 Å². The number of aryl methyl sites for hydroxylation is 1. The lowest BCUT2D eigenvalue weighted by Crippen LogP contribution is -2.33. The van der Waals surface area contributed by atoms with Gasteiger partial charge in [0.2, 0.25) is 0 Å². The van der Waals surface area contributed by atoms with Gasteiger partial charge in [-0.2, -0.15) is 0 Å². The molecule has 0 aliphatic rings. The summed E-state index contributed by atoms with van der Waals surface area (Å²) >= 11 is 0. The fourth-order valence-corrected chi connectivity index (χ4v) is 1.49. The molecule has 5 heteroatoms. The number of pyridine rings is 1. The van der Waals surface area contributed by atoms with Crippen LogP contribution in [-0.4, -0.2) is 37.2 Å². The number of hydrogen-bond donors (Lipinski definition) is 2. The number of nitrogens with two attached hydrogens (primary N) is 1. The molecule has 0 radical (unpaired) electrons. The van der Waals surface area contributed by atoms with Gasteiger partial charge in [-0.1, -0.05) is 0 Å². The van der Waals surface area contributed by atoms with Gasteiger partial charge in [0.25, 0.3) is 5.91 Å². The molecule has 0 aliphatic heterocycles. The van der Waals surface area contributed by atoms with Crippen molar-refractivity contribution in [1.82, 2.24) is 10.3 Å². The number of amides is 1. The fraction of sp³-hybridized carbons (Fsp3) is 0.500. The maximum Gasteiger partial charge on any atom is 0.253 e. The van der Waals surface area contributed by atoms with Crippen molar-refractivity contribution in [3.63, 3.8) is 0 Å². The Morgan fingerprint density at radius 1 is 1.65 bits per heavy atom. The zero-order chi connectivity index (χ0) is 12.7. The second kappa shape index (κ2) is 6.98. The topological polar surface area (TPSA) is 77.2 Å². The molecule has 1 amide bonds. The molecule has 3 N–H and O–H groups in total. The molecule has 0 aromatic carbocycles. The van der Waals surface area contributed by atoms with E-state index in [0.717, 1.165) is 5.69 Å². The summed E-state index contributed by atoms with van der Waals surface area (Å²) in [6.45, 7) is 2.85. The fourth-order valence-electron chi connectivity index (χ4n) is 1.49. The molecule has 94 valence electrons. The molecule has 5 nitrogen and oxygen atoms in total. The Labute approximate surface area is 101 Å². The molecule has 0 bridgehead atoms. The van der Waals surface area contributed by atoms with Crippen LogP contribution >= 0.6 is 0 Å². The third kappa shape index (κ3) is 4.50. The van der Waals surface area contributed by atoms with Gasteiger partial charge in [-0.3, -0.25) is 9.78 Å². The third-order valence-corrected chi connectivity index (χ3v) is 2.43. The molecule has 1 heterocycles. The van der Waals surface area contributed by atoms with Crippen molar-refractivity contribution in [2.75, 3.05) is 20.3 Å². The number of hydrogen-bond acceptors (Lipinski definition) is 4. The Bertz CT molecular complexity index is 369. The predicted molar refractivity (Wildman–Crippen MR) is 65.8 cm³/mol. The van der Waals surface area contributed by atoms with E-state index in [0.29, 0.717) is 25.1 Å². The summed E-state index contributed by atoms with van der Waals surface area (Å²) in [5.74, 6) is -0.111. The van der Waals surface area contributed by atoms with E-state index in [2.05, 4.69) is 10.3 Å². The second-order valence-corrected chi connectivity index (χ2v) is 3.90. The van der Waals surface area contributed by atoms with Gasteiger partial charge >= 0.3 is 0 Å². The highest BCUT2D eigenvalue weighted by Crippen LogP contribution is 2.02. The summed E-state index contributed by atoms with van der Waals surface area (Å²) in [6, 6.07) is 3.46. The quantitative estimate of drug-likeness (QED) is 0.754. The highest BCUT2D eigenvalue weighted by Gasteiger charge is 2.09. The summed E-state index contributed by atoms with van der Waals surface area (Å²) < 4.78 is 4.92. The number of rotatable bonds is 6. The van der Waals surface area contributed by atoms with Crippen molar-refractivity contribution in [3.8, 4) is 0 Å². The number of ether oxygens (including phenoxy) is 1. The van der Waals surface area contributed by atoms with Crippen LogP contribution in [0.15, 0.2) is 18.3 Å². The van der Waals surface area contributed by atoms with Crippen LogP contribution in [0.3, 0.4) is 0 Å². The van der Waals surface area contributed by atoms with Gasteiger partial charge in [0, 0.05) is 31.6 Å². The number of carbonyl (C=O) groups excluding carboxylic acids is 1. The molecule has 0 fully saturated rings. The van der Waals surface area contributed by atoms with Crippen LogP contribution in [0.25, 0.3) is 0 Å². The molecule has 1 atom stereocenters. The van der Waals surface area contributed by atoms with E-state index in [-0.39, 0.29) is 11.9 Å². The average molecular weight is 237 g/mol. The Balaban J connectivity index is 2.38. The van der Waals surface area contributed by atoms with Crippen molar-refractivity contribution in [3.05, 3.63) is 29.6 Å². The number of carbonyl (C=O) groups is 1. The first-order valence-electron chi connectivity index (χ1n) is 5.59. The highest BCUT2D eigenvalue weighted by molar-refractivity contribution is 5.95. The molecule has 0 spiro atoms. The van der Waals surface area contributed by atoms with E-state index in [1.165, 1.54) is 0 Å². The van der Waals surface area contributed by atoms with Gasteiger partial charge in [0.05, 0.1) is 12.2 Å². The standard InChI is InChI=1S/C12H19N3O2/c1-9-11(4-3-6-14-9)12(16)15-7-5-10(13)8-17-2/h3-4,6,10H,5,7-8,13H2,1-2H3,(H,15,16). The zero-order valence-electron chi connectivity index (χ0n) is 10.3. The highest BCUT2D eigenvalue weighted by atomic mass is 16.5. The number of nitrogens with one attached hydrogen (secondary N) is 1. The second-order valence-electron chi connectivity index (χ2n) is 3.90. The first-order chi connectivity index (χ1) is 8.15. The van der Waals surface area contributed by atoms with Gasteiger partial charge in [-0.25, -0.2) is 0 Å². The van der Waals surface area contributed by atoms with Gasteiger partial charge in [0.1, 0.15) is 0 Å². The Morgan fingerprint density at radius 2 is 2.41 bits per heavy atom. The van der Waals surface area contributed by atoms with Gasteiger partial charge in [-0.15, -0.1) is 0 Å². The first kappa shape index (κ1) is 13.6. The number of methoxy groups -OCH3 is 1.